The molecule has 2 rings (SSSR count). The number of carbonyl (C=O) groups excluding carboxylic acids is 1. The molecular weight excluding hydrogens is 368 g/mol. The average molecular weight is 383 g/mol. The van der Waals surface area contributed by atoms with Crippen LogP contribution in [-0.4, -0.2) is 20.5 Å². The first-order valence-corrected chi connectivity index (χ1v) is 9.78. The van der Waals surface area contributed by atoms with Gasteiger partial charge in [-0.3, -0.25) is 9.52 Å². The second-order valence-corrected chi connectivity index (χ2v) is 8.08. The SMILES string of the molecule is CC(=O)C=Cc1ccc(NS(C)(=O)=O)c(Sc2ccc(F)cc2F)c1. The molecule has 0 aliphatic rings. The van der Waals surface area contributed by atoms with Gasteiger partial charge < -0.3 is 0 Å². The van der Waals surface area contributed by atoms with Gasteiger partial charge in [0.1, 0.15) is 11.6 Å². The van der Waals surface area contributed by atoms with E-state index in [9.17, 15) is 22.0 Å². The van der Waals surface area contributed by atoms with Crippen LogP contribution in [0.1, 0.15) is 12.5 Å². The Hall–Kier alpha value is -2.19. The minimum atomic E-state index is -3.54. The molecular formula is C17H15F2NO3S2. The topological polar surface area (TPSA) is 63.2 Å². The Balaban J connectivity index is 2.45. The van der Waals surface area contributed by atoms with Gasteiger partial charge in [-0.1, -0.05) is 23.9 Å². The Bertz CT molecular complexity index is 941. The highest BCUT2D eigenvalue weighted by Gasteiger charge is 2.12. The molecule has 0 atom stereocenters. The van der Waals surface area contributed by atoms with Crippen LogP contribution in [0.15, 0.2) is 52.3 Å². The fourth-order valence-electron chi connectivity index (χ4n) is 1.90. The van der Waals surface area contributed by atoms with E-state index < -0.39 is 21.7 Å². The molecule has 0 fully saturated rings. The Morgan fingerprint density at radius 2 is 1.84 bits per heavy atom. The molecule has 0 heterocycles. The van der Waals surface area contributed by atoms with Crippen LogP contribution < -0.4 is 4.72 Å². The molecule has 8 heteroatoms. The molecule has 0 saturated carbocycles. The molecule has 2 aromatic carbocycles. The van der Waals surface area contributed by atoms with Crippen LogP contribution in [-0.2, 0) is 14.8 Å². The smallest absolute Gasteiger partial charge is 0.229 e. The van der Waals surface area contributed by atoms with Crippen molar-refractivity contribution >= 4 is 39.3 Å². The van der Waals surface area contributed by atoms with Crippen molar-refractivity contribution in [3.05, 3.63) is 59.7 Å². The third-order valence-corrected chi connectivity index (χ3v) is 4.62. The molecule has 0 amide bonds. The van der Waals surface area contributed by atoms with E-state index in [1.54, 1.807) is 18.2 Å². The van der Waals surface area contributed by atoms with Crippen LogP contribution in [0.2, 0.25) is 0 Å². The van der Waals surface area contributed by atoms with Crippen molar-refractivity contribution in [2.45, 2.75) is 16.7 Å². The predicted octanol–water partition coefficient (Wildman–Crippen LogP) is 4.09. The number of allylic oxidation sites excluding steroid dienone is 1. The number of anilines is 1. The number of halogens is 2. The van der Waals surface area contributed by atoms with E-state index in [1.165, 1.54) is 25.1 Å². The van der Waals surface area contributed by atoms with Crippen molar-refractivity contribution in [2.75, 3.05) is 11.0 Å². The molecule has 2 aromatic rings. The van der Waals surface area contributed by atoms with Crippen molar-refractivity contribution in [3.63, 3.8) is 0 Å². The Labute approximate surface area is 149 Å². The maximum absolute atomic E-state index is 13.9. The summed E-state index contributed by atoms with van der Waals surface area (Å²) in [6.07, 6.45) is 3.94. The van der Waals surface area contributed by atoms with E-state index in [0.29, 0.717) is 10.5 Å². The van der Waals surface area contributed by atoms with Crippen molar-refractivity contribution < 1.29 is 22.0 Å². The molecule has 0 bridgehead atoms. The van der Waals surface area contributed by atoms with E-state index in [4.69, 9.17) is 0 Å². The van der Waals surface area contributed by atoms with Crippen LogP contribution in [0.25, 0.3) is 6.08 Å². The van der Waals surface area contributed by atoms with E-state index in [1.807, 2.05) is 0 Å². The van der Waals surface area contributed by atoms with Gasteiger partial charge in [-0.05, 0) is 42.8 Å². The molecule has 132 valence electrons. The second-order valence-electron chi connectivity index (χ2n) is 5.25. The Kier molecular flexibility index (Phi) is 5.97. The van der Waals surface area contributed by atoms with E-state index in [0.717, 1.165) is 30.2 Å². The molecule has 4 nitrogen and oxygen atoms in total. The predicted molar refractivity (Wildman–Crippen MR) is 95.1 cm³/mol. The van der Waals surface area contributed by atoms with E-state index in [2.05, 4.69) is 4.72 Å². The number of nitrogens with one attached hydrogen (secondary N) is 1. The monoisotopic (exact) mass is 383 g/mol. The minimum absolute atomic E-state index is 0.142. The van der Waals surface area contributed by atoms with Gasteiger partial charge in [0.15, 0.2) is 5.78 Å². The van der Waals surface area contributed by atoms with Crippen molar-refractivity contribution in [1.29, 1.82) is 0 Å². The lowest BCUT2D eigenvalue weighted by Crippen LogP contribution is -2.10. The number of rotatable bonds is 6. The van der Waals surface area contributed by atoms with Crippen LogP contribution in [0.4, 0.5) is 14.5 Å². The fourth-order valence-corrected chi connectivity index (χ4v) is 3.50. The lowest BCUT2D eigenvalue weighted by atomic mass is 10.2. The zero-order valence-corrected chi connectivity index (χ0v) is 15.0. The molecule has 25 heavy (non-hydrogen) atoms. The third-order valence-electron chi connectivity index (χ3n) is 2.93. The Morgan fingerprint density at radius 1 is 1.12 bits per heavy atom. The van der Waals surface area contributed by atoms with Gasteiger partial charge in [0.05, 0.1) is 11.9 Å². The zero-order valence-electron chi connectivity index (χ0n) is 13.4. The van der Waals surface area contributed by atoms with Gasteiger partial charge in [0.25, 0.3) is 0 Å². The second kappa shape index (κ2) is 7.79. The largest absolute Gasteiger partial charge is 0.295 e. The highest BCUT2D eigenvalue weighted by molar-refractivity contribution is 7.99. The third kappa shape index (κ3) is 5.99. The van der Waals surface area contributed by atoms with Crippen molar-refractivity contribution in [3.8, 4) is 0 Å². The summed E-state index contributed by atoms with van der Waals surface area (Å²) in [5.74, 6) is -1.59. The molecule has 0 aliphatic carbocycles. The van der Waals surface area contributed by atoms with Crippen LogP contribution in [0.3, 0.4) is 0 Å². The molecule has 0 saturated heterocycles. The summed E-state index contributed by atoms with van der Waals surface area (Å²) in [6, 6.07) is 7.90. The number of ketones is 1. The zero-order chi connectivity index (χ0) is 18.6. The molecule has 0 radical (unpaired) electrons. The number of hydrogen-bond donors (Lipinski definition) is 1. The number of carbonyl (C=O) groups is 1. The molecule has 0 spiro atoms. The lowest BCUT2D eigenvalue weighted by molar-refractivity contribution is -0.112. The first-order valence-electron chi connectivity index (χ1n) is 7.07. The summed E-state index contributed by atoms with van der Waals surface area (Å²) in [5.41, 5.74) is 0.899. The summed E-state index contributed by atoms with van der Waals surface area (Å²) >= 11 is 0.951. The summed E-state index contributed by atoms with van der Waals surface area (Å²) in [6.45, 7) is 1.40. The molecule has 1 N–H and O–H groups in total. The number of hydrogen-bond acceptors (Lipinski definition) is 4. The normalized spacial score (nSPS) is 11.7. The summed E-state index contributed by atoms with van der Waals surface area (Å²) in [7, 11) is -3.54. The van der Waals surface area contributed by atoms with Gasteiger partial charge in [0, 0.05) is 15.9 Å². The minimum Gasteiger partial charge on any atom is -0.295 e. The van der Waals surface area contributed by atoms with Gasteiger partial charge >= 0.3 is 0 Å². The van der Waals surface area contributed by atoms with Gasteiger partial charge in [-0.15, -0.1) is 0 Å². The van der Waals surface area contributed by atoms with Crippen LogP contribution in [0.5, 0.6) is 0 Å². The standard InChI is InChI=1S/C17H15F2NO3S2/c1-11(21)3-4-12-5-7-15(20-25(2,22)23)17(9-12)24-16-8-6-13(18)10-14(16)19/h3-10,20H,1-2H3. The van der Waals surface area contributed by atoms with Crippen LogP contribution in [0, 0.1) is 11.6 Å². The van der Waals surface area contributed by atoms with E-state index >= 15 is 0 Å². The maximum atomic E-state index is 13.9. The first kappa shape index (κ1) is 19.1. The van der Waals surface area contributed by atoms with Gasteiger partial charge in [0.2, 0.25) is 10.0 Å². The first-order chi connectivity index (χ1) is 11.6. The summed E-state index contributed by atoms with van der Waals surface area (Å²) < 4.78 is 52.3. The number of benzene rings is 2. The fraction of sp³-hybridized carbons (Fsp3) is 0.118. The van der Waals surface area contributed by atoms with E-state index in [-0.39, 0.29) is 16.4 Å². The van der Waals surface area contributed by atoms with Gasteiger partial charge in [-0.2, -0.15) is 0 Å². The van der Waals surface area contributed by atoms with Crippen molar-refractivity contribution in [1.82, 2.24) is 0 Å². The highest BCUT2D eigenvalue weighted by atomic mass is 32.2. The molecule has 0 aliphatic heterocycles. The van der Waals surface area contributed by atoms with Gasteiger partial charge in [-0.25, -0.2) is 17.2 Å². The summed E-state index contributed by atoms with van der Waals surface area (Å²) in [4.78, 5) is 11.6. The lowest BCUT2D eigenvalue weighted by Gasteiger charge is -2.12. The Morgan fingerprint density at radius 3 is 2.44 bits per heavy atom. The molecule has 0 unspecified atom stereocenters. The quantitative estimate of drug-likeness (QED) is 0.763. The van der Waals surface area contributed by atoms with Crippen LogP contribution >= 0.6 is 11.8 Å². The average Bonchev–Trinajstić information content (AvgIpc) is 2.48. The summed E-state index contributed by atoms with van der Waals surface area (Å²) in [5, 5.41) is 0. The van der Waals surface area contributed by atoms with Crippen molar-refractivity contribution in [2.24, 2.45) is 0 Å². The maximum Gasteiger partial charge on any atom is 0.229 e. The highest BCUT2D eigenvalue weighted by Crippen LogP contribution is 2.36. The molecule has 0 aromatic heterocycles. The number of sulfonamides is 1.